The van der Waals surface area contributed by atoms with Crippen molar-refractivity contribution in [3.05, 3.63) is 24.3 Å². The van der Waals surface area contributed by atoms with Gasteiger partial charge in [0.25, 0.3) is 7.82 Å². The third-order valence-corrected chi connectivity index (χ3v) is 15.1. The van der Waals surface area contributed by atoms with Gasteiger partial charge in [-0.25, -0.2) is 0 Å². The van der Waals surface area contributed by atoms with Crippen LogP contribution in [0.25, 0.3) is 0 Å². The van der Waals surface area contributed by atoms with Gasteiger partial charge in [0.1, 0.15) is 13.2 Å². The van der Waals surface area contributed by atoms with E-state index in [-0.39, 0.29) is 19.1 Å². The molecule has 70 heavy (non-hydrogen) atoms. The topological polar surface area (TPSA) is 108 Å². The van der Waals surface area contributed by atoms with Crippen LogP contribution in [-0.2, 0) is 18.4 Å². The van der Waals surface area contributed by atoms with E-state index in [0.29, 0.717) is 17.4 Å². The molecule has 0 aliphatic rings. The average molecular weight is 1010 g/mol. The highest BCUT2D eigenvalue weighted by Gasteiger charge is 2.23. The van der Waals surface area contributed by atoms with Crippen molar-refractivity contribution >= 4 is 13.7 Å². The summed E-state index contributed by atoms with van der Waals surface area (Å²) in [7, 11) is 1.27. The van der Waals surface area contributed by atoms with Gasteiger partial charge < -0.3 is 28.8 Å². The largest absolute Gasteiger partial charge is 0.756 e. The SMILES string of the molecule is CCCCCCCCCC/C=C\CCCCCCCCCCCCCCCCCCCCCCCCCC(=O)NC(COP(=O)([O-])OCC[N+](C)(C)C)C(O)/C=C/CCCCCCCCCCCCC. The molecule has 9 heteroatoms. The fraction of sp³-hybridized carbons (Fsp3) is 0.918. The minimum absolute atomic E-state index is 0.00161. The number of allylic oxidation sites excluding steroid dienone is 3. The van der Waals surface area contributed by atoms with Crippen LogP contribution < -0.4 is 10.2 Å². The third kappa shape index (κ3) is 54.7. The van der Waals surface area contributed by atoms with E-state index in [1.807, 2.05) is 27.2 Å². The lowest BCUT2D eigenvalue weighted by molar-refractivity contribution is -0.870. The lowest BCUT2D eigenvalue weighted by atomic mass is 10.0. The molecule has 0 aliphatic heterocycles. The molecule has 0 bridgehead atoms. The average Bonchev–Trinajstić information content (AvgIpc) is 3.32. The van der Waals surface area contributed by atoms with Gasteiger partial charge in [-0.15, -0.1) is 0 Å². The summed E-state index contributed by atoms with van der Waals surface area (Å²) in [5.41, 5.74) is 0. The summed E-state index contributed by atoms with van der Waals surface area (Å²) in [5, 5.41) is 13.9. The first-order chi connectivity index (χ1) is 34.0. The van der Waals surface area contributed by atoms with Crippen molar-refractivity contribution < 1.29 is 32.9 Å². The van der Waals surface area contributed by atoms with Gasteiger partial charge in [0.05, 0.1) is 39.9 Å². The molecule has 0 rings (SSSR count). The van der Waals surface area contributed by atoms with Crippen molar-refractivity contribution in [2.45, 2.75) is 321 Å². The summed E-state index contributed by atoms with van der Waals surface area (Å²) in [6, 6.07) is -0.882. The zero-order chi connectivity index (χ0) is 51.3. The van der Waals surface area contributed by atoms with Crippen LogP contribution in [0.1, 0.15) is 309 Å². The molecule has 0 aromatic carbocycles. The molecular formula is C61H121N2O6P. The van der Waals surface area contributed by atoms with Gasteiger partial charge in [0, 0.05) is 6.42 Å². The molecule has 3 unspecified atom stereocenters. The maximum absolute atomic E-state index is 12.9. The Hall–Kier alpha value is -1.02. The first-order valence-corrected chi connectivity index (χ1v) is 32.2. The van der Waals surface area contributed by atoms with E-state index in [0.717, 1.165) is 38.5 Å². The van der Waals surface area contributed by atoms with Crippen molar-refractivity contribution in [3.63, 3.8) is 0 Å². The predicted molar refractivity (Wildman–Crippen MR) is 302 cm³/mol. The molecule has 0 fully saturated rings. The van der Waals surface area contributed by atoms with Crippen LogP contribution in [0.15, 0.2) is 24.3 Å². The standard InChI is InChI=1S/C61H121N2O6P/c1-6-8-10-12-14-16-18-20-21-22-23-24-25-26-27-28-29-30-31-32-33-34-35-36-37-38-39-40-41-43-45-47-49-51-53-55-61(65)62-59(58-69-70(66,67)68-57-56-63(3,4)5)60(64)54-52-50-48-46-44-42-19-17-15-13-11-9-7-2/h22-23,52,54,59-60,64H,6-21,24-51,53,55-58H2,1-5H3,(H-,62,65,66,67)/b23-22-,54-52+. The Morgan fingerprint density at radius 2 is 0.786 bits per heavy atom. The van der Waals surface area contributed by atoms with Crippen LogP contribution in [0.2, 0.25) is 0 Å². The Labute approximate surface area is 436 Å². The number of quaternary nitrogens is 1. The number of phosphoric ester groups is 1. The van der Waals surface area contributed by atoms with E-state index in [9.17, 15) is 19.4 Å². The molecule has 0 aromatic rings. The number of amides is 1. The monoisotopic (exact) mass is 1010 g/mol. The van der Waals surface area contributed by atoms with Crippen LogP contribution in [0.4, 0.5) is 0 Å². The Morgan fingerprint density at radius 1 is 0.486 bits per heavy atom. The fourth-order valence-electron chi connectivity index (χ4n) is 9.33. The van der Waals surface area contributed by atoms with E-state index < -0.39 is 20.0 Å². The van der Waals surface area contributed by atoms with Crippen molar-refractivity contribution in [3.8, 4) is 0 Å². The second kappa shape index (κ2) is 52.8. The second-order valence-electron chi connectivity index (χ2n) is 22.4. The first-order valence-electron chi connectivity index (χ1n) is 30.7. The van der Waals surface area contributed by atoms with Crippen LogP contribution in [0.3, 0.4) is 0 Å². The maximum atomic E-state index is 12.9. The molecule has 8 nitrogen and oxygen atoms in total. The van der Waals surface area contributed by atoms with Crippen molar-refractivity contribution in [2.24, 2.45) is 0 Å². The molecule has 0 aliphatic carbocycles. The number of aliphatic hydroxyl groups excluding tert-OH is 1. The smallest absolute Gasteiger partial charge is 0.268 e. The first kappa shape index (κ1) is 69.0. The number of carbonyl (C=O) groups excluding carboxylic acids is 1. The highest BCUT2D eigenvalue weighted by atomic mass is 31.2. The molecule has 0 saturated carbocycles. The minimum Gasteiger partial charge on any atom is -0.756 e. The maximum Gasteiger partial charge on any atom is 0.268 e. The summed E-state index contributed by atoms with van der Waals surface area (Å²) in [6.07, 6.45) is 67.1. The van der Waals surface area contributed by atoms with Gasteiger partial charge >= 0.3 is 0 Å². The number of aliphatic hydroxyl groups is 1. The number of hydrogen-bond donors (Lipinski definition) is 2. The van der Waals surface area contributed by atoms with Gasteiger partial charge in [0.15, 0.2) is 0 Å². The number of rotatable bonds is 57. The molecule has 0 saturated heterocycles. The quantitative estimate of drug-likeness (QED) is 0.0272. The Kier molecular flexibility index (Phi) is 52.1. The molecule has 0 aromatic heterocycles. The molecule has 416 valence electrons. The highest BCUT2D eigenvalue weighted by Crippen LogP contribution is 2.38. The lowest BCUT2D eigenvalue weighted by Gasteiger charge is -2.29. The zero-order valence-electron chi connectivity index (χ0n) is 47.5. The number of likely N-dealkylation sites (N-methyl/N-ethyl adjacent to an activating group) is 1. The minimum atomic E-state index is -4.59. The van der Waals surface area contributed by atoms with Crippen LogP contribution in [0, 0.1) is 0 Å². The van der Waals surface area contributed by atoms with Gasteiger partial charge in [-0.1, -0.05) is 282 Å². The summed E-state index contributed by atoms with van der Waals surface area (Å²) in [5.74, 6) is -0.192. The number of carbonyl (C=O) groups is 1. The van der Waals surface area contributed by atoms with Crippen molar-refractivity contribution in [2.75, 3.05) is 40.9 Å². The van der Waals surface area contributed by atoms with E-state index in [4.69, 9.17) is 9.05 Å². The van der Waals surface area contributed by atoms with Gasteiger partial charge in [-0.3, -0.25) is 9.36 Å². The van der Waals surface area contributed by atoms with Crippen LogP contribution in [0.5, 0.6) is 0 Å². The molecule has 0 spiro atoms. The van der Waals surface area contributed by atoms with E-state index in [2.05, 4.69) is 31.3 Å². The van der Waals surface area contributed by atoms with Gasteiger partial charge in [-0.2, -0.15) is 0 Å². The van der Waals surface area contributed by atoms with Crippen molar-refractivity contribution in [1.29, 1.82) is 0 Å². The number of hydrogen-bond acceptors (Lipinski definition) is 6. The molecule has 2 N–H and O–H groups in total. The van der Waals surface area contributed by atoms with Crippen LogP contribution in [-0.4, -0.2) is 68.5 Å². The van der Waals surface area contributed by atoms with Gasteiger partial charge in [0.2, 0.25) is 5.91 Å². The van der Waals surface area contributed by atoms with E-state index in [1.54, 1.807) is 6.08 Å². The highest BCUT2D eigenvalue weighted by molar-refractivity contribution is 7.45. The number of unbranched alkanes of at least 4 members (excludes halogenated alkanes) is 42. The lowest BCUT2D eigenvalue weighted by Crippen LogP contribution is -2.45. The zero-order valence-corrected chi connectivity index (χ0v) is 48.4. The number of nitrogens with one attached hydrogen (secondary N) is 1. The Balaban J connectivity index is 3.92. The molecule has 3 atom stereocenters. The Bertz CT molecular complexity index is 1190. The second-order valence-corrected chi connectivity index (χ2v) is 23.8. The van der Waals surface area contributed by atoms with Gasteiger partial charge in [-0.05, 0) is 44.9 Å². The molecule has 0 radical (unpaired) electrons. The number of phosphoric acid groups is 1. The summed E-state index contributed by atoms with van der Waals surface area (Å²) in [4.78, 5) is 25.5. The summed E-state index contributed by atoms with van der Waals surface area (Å²) < 4.78 is 23.3. The van der Waals surface area contributed by atoms with E-state index >= 15 is 0 Å². The molecule has 1 amide bonds. The van der Waals surface area contributed by atoms with Crippen LogP contribution >= 0.6 is 7.82 Å². The normalized spacial score (nSPS) is 14.0. The molecule has 0 heterocycles. The third-order valence-electron chi connectivity index (χ3n) is 14.2. The summed E-state index contributed by atoms with van der Waals surface area (Å²) >= 11 is 0. The number of nitrogens with zero attached hydrogens (tertiary/aromatic N) is 1. The summed E-state index contributed by atoms with van der Waals surface area (Å²) in [6.45, 7) is 4.68. The van der Waals surface area contributed by atoms with Crippen molar-refractivity contribution in [1.82, 2.24) is 5.32 Å². The molecular weight excluding hydrogens is 888 g/mol. The Morgan fingerprint density at radius 3 is 1.11 bits per heavy atom. The van der Waals surface area contributed by atoms with E-state index in [1.165, 1.54) is 250 Å². The fourth-order valence-corrected chi connectivity index (χ4v) is 10.1. The predicted octanol–water partition coefficient (Wildman–Crippen LogP) is 18.1.